The van der Waals surface area contributed by atoms with Crippen molar-refractivity contribution in [1.29, 1.82) is 0 Å². The van der Waals surface area contributed by atoms with Crippen LogP contribution in [0.2, 0.25) is 5.15 Å². The molecule has 4 heteroatoms. The van der Waals surface area contributed by atoms with Gasteiger partial charge in [0.25, 0.3) is 0 Å². The molecule has 0 N–H and O–H groups in total. The second-order valence-corrected chi connectivity index (χ2v) is 4.73. The Kier molecular flexibility index (Phi) is 3.82. The monoisotopic (exact) mass is 262 g/mol. The average Bonchev–Trinajstić information content (AvgIpc) is 2.34. The van der Waals surface area contributed by atoms with Gasteiger partial charge >= 0.3 is 0 Å². The predicted octanol–water partition coefficient (Wildman–Crippen LogP) is 3.63. The van der Waals surface area contributed by atoms with Crippen LogP contribution in [0.4, 0.5) is 0 Å². The van der Waals surface area contributed by atoms with Crippen molar-refractivity contribution in [2.75, 3.05) is 0 Å². The SMILES string of the molecule is Cc1cc(C)c(C)c(OCc2ccc(Cl)nn2)c1. The number of aryl methyl sites for hydroxylation is 2. The molecule has 0 aliphatic carbocycles. The summed E-state index contributed by atoms with van der Waals surface area (Å²) >= 11 is 5.68. The van der Waals surface area contributed by atoms with E-state index in [1.165, 1.54) is 11.1 Å². The largest absolute Gasteiger partial charge is 0.487 e. The molecule has 0 aliphatic heterocycles. The maximum absolute atomic E-state index is 5.78. The standard InChI is InChI=1S/C14H15ClN2O/c1-9-6-10(2)11(3)13(7-9)18-8-12-4-5-14(15)17-16-12/h4-7H,8H2,1-3H3. The molecule has 94 valence electrons. The van der Waals surface area contributed by atoms with E-state index < -0.39 is 0 Å². The molecule has 0 saturated heterocycles. The number of halogens is 1. The van der Waals surface area contributed by atoms with Crippen LogP contribution in [0.25, 0.3) is 0 Å². The number of aromatic nitrogens is 2. The molecule has 0 unspecified atom stereocenters. The van der Waals surface area contributed by atoms with Crippen molar-refractivity contribution in [3.63, 3.8) is 0 Å². The fourth-order valence-electron chi connectivity index (χ4n) is 1.72. The summed E-state index contributed by atoms with van der Waals surface area (Å²) in [6, 6.07) is 7.70. The normalized spacial score (nSPS) is 10.4. The zero-order valence-corrected chi connectivity index (χ0v) is 11.5. The van der Waals surface area contributed by atoms with Crippen LogP contribution >= 0.6 is 11.6 Å². The summed E-state index contributed by atoms with van der Waals surface area (Å²) in [5.74, 6) is 0.893. The van der Waals surface area contributed by atoms with Crippen LogP contribution in [0, 0.1) is 20.8 Å². The van der Waals surface area contributed by atoms with Gasteiger partial charge in [0, 0.05) is 0 Å². The van der Waals surface area contributed by atoms with E-state index in [4.69, 9.17) is 16.3 Å². The third-order valence-electron chi connectivity index (χ3n) is 2.83. The van der Waals surface area contributed by atoms with Crippen molar-refractivity contribution in [3.8, 4) is 5.75 Å². The Bertz CT molecular complexity index is 552. The highest BCUT2D eigenvalue weighted by molar-refractivity contribution is 6.29. The first-order chi connectivity index (χ1) is 8.56. The first kappa shape index (κ1) is 12.8. The van der Waals surface area contributed by atoms with Gasteiger partial charge in [-0.3, -0.25) is 0 Å². The van der Waals surface area contributed by atoms with Crippen LogP contribution < -0.4 is 4.74 Å². The second-order valence-electron chi connectivity index (χ2n) is 4.34. The van der Waals surface area contributed by atoms with Crippen molar-refractivity contribution in [2.24, 2.45) is 0 Å². The van der Waals surface area contributed by atoms with Gasteiger partial charge in [-0.2, -0.15) is 5.10 Å². The highest BCUT2D eigenvalue weighted by Crippen LogP contribution is 2.23. The van der Waals surface area contributed by atoms with Gasteiger partial charge in [-0.05, 0) is 55.7 Å². The van der Waals surface area contributed by atoms with Gasteiger partial charge < -0.3 is 4.74 Å². The summed E-state index contributed by atoms with van der Waals surface area (Å²) in [7, 11) is 0. The van der Waals surface area contributed by atoms with Gasteiger partial charge in [-0.15, -0.1) is 5.10 Å². The summed E-state index contributed by atoms with van der Waals surface area (Å²) in [6.45, 7) is 6.59. The molecular formula is C14H15ClN2O. The van der Waals surface area contributed by atoms with Crippen molar-refractivity contribution in [3.05, 3.63) is 51.8 Å². The highest BCUT2D eigenvalue weighted by atomic mass is 35.5. The molecule has 2 aromatic rings. The maximum Gasteiger partial charge on any atom is 0.151 e. The van der Waals surface area contributed by atoms with Gasteiger partial charge in [0.05, 0.1) is 0 Å². The molecule has 3 nitrogen and oxygen atoms in total. The molecule has 0 atom stereocenters. The molecule has 0 radical (unpaired) electrons. The summed E-state index contributed by atoms with van der Waals surface area (Å²) in [4.78, 5) is 0. The fraction of sp³-hybridized carbons (Fsp3) is 0.286. The Hall–Kier alpha value is -1.61. The molecule has 1 aromatic carbocycles. The van der Waals surface area contributed by atoms with Crippen LogP contribution in [0.3, 0.4) is 0 Å². The Morgan fingerprint density at radius 1 is 1.11 bits per heavy atom. The predicted molar refractivity (Wildman–Crippen MR) is 72.0 cm³/mol. The number of ether oxygens (including phenoxy) is 1. The molecule has 0 aliphatic rings. The van der Waals surface area contributed by atoms with Gasteiger partial charge in [0.2, 0.25) is 0 Å². The van der Waals surface area contributed by atoms with E-state index in [9.17, 15) is 0 Å². The molecule has 2 rings (SSSR count). The lowest BCUT2D eigenvalue weighted by atomic mass is 10.1. The molecule has 0 fully saturated rings. The molecule has 0 saturated carbocycles. The van der Waals surface area contributed by atoms with E-state index in [1.807, 2.05) is 12.1 Å². The number of rotatable bonds is 3. The zero-order valence-electron chi connectivity index (χ0n) is 10.7. The summed E-state index contributed by atoms with van der Waals surface area (Å²) < 4.78 is 5.78. The zero-order chi connectivity index (χ0) is 13.1. The highest BCUT2D eigenvalue weighted by Gasteiger charge is 2.05. The first-order valence-electron chi connectivity index (χ1n) is 5.75. The van der Waals surface area contributed by atoms with E-state index in [0.717, 1.165) is 17.0 Å². The number of hydrogen-bond acceptors (Lipinski definition) is 3. The minimum absolute atomic E-state index is 0.390. The fourth-order valence-corrected chi connectivity index (χ4v) is 1.82. The lowest BCUT2D eigenvalue weighted by Crippen LogP contribution is -2.01. The third-order valence-corrected chi connectivity index (χ3v) is 3.03. The van der Waals surface area contributed by atoms with Gasteiger partial charge in [0.15, 0.2) is 5.15 Å². The molecular weight excluding hydrogens is 248 g/mol. The lowest BCUT2D eigenvalue weighted by molar-refractivity contribution is 0.297. The second kappa shape index (κ2) is 5.36. The van der Waals surface area contributed by atoms with Gasteiger partial charge in [0.1, 0.15) is 18.1 Å². The van der Waals surface area contributed by atoms with E-state index >= 15 is 0 Å². The van der Waals surface area contributed by atoms with Crippen LogP contribution in [-0.4, -0.2) is 10.2 Å². The molecule has 0 bridgehead atoms. The Morgan fingerprint density at radius 2 is 1.89 bits per heavy atom. The third kappa shape index (κ3) is 2.99. The Morgan fingerprint density at radius 3 is 2.56 bits per heavy atom. The van der Waals surface area contributed by atoms with E-state index in [2.05, 4.69) is 37.0 Å². The molecule has 18 heavy (non-hydrogen) atoms. The smallest absolute Gasteiger partial charge is 0.151 e. The molecule has 0 spiro atoms. The Labute approximate surface area is 112 Å². The maximum atomic E-state index is 5.78. The first-order valence-corrected chi connectivity index (χ1v) is 6.13. The van der Waals surface area contributed by atoms with Crippen LogP contribution in [0.5, 0.6) is 5.75 Å². The number of benzene rings is 1. The van der Waals surface area contributed by atoms with Crippen LogP contribution in [0.15, 0.2) is 24.3 Å². The molecule has 1 aromatic heterocycles. The van der Waals surface area contributed by atoms with E-state index in [1.54, 1.807) is 6.07 Å². The van der Waals surface area contributed by atoms with Crippen LogP contribution in [0.1, 0.15) is 22.4 Å². The lowest BCUT2D eigenvalue weighted by Gasteiger charge is -2.11. The van der Waals surface area contributed by atoms with Crippen molar-refractivity contribution < 1.29 is 4.74 Å². The minimum Gasteiger partial charge on any atom is -0.487 e. The minimum atomic E-state index is 0.390. The summed E-state index contributed by atoms with van der Waals surface area (Å²) in [6.07, 6.45) is 0. The number of hydrogen-bond donors (Lipinski definition) is 0. The summed E-state index contributed by atoms with van der Waals surface area (Å²) in [5, 5.41) is 8.14. The van der Waals surface area contributed by atoms with Crippen LogP contribution in [-0.2, 0) is 6.61 Å². The van der Waals surface area contributed by atoms with Crippen molar-refractivity contribution in [1.82, 2.24) is 10.2 Å². The molecule has 0 amide bonds. The van der Waals surface area contributed by atoms with Crippen molar-refractivity contribution >= 4 is 11.6 Å². The van der Waals surface area contributed by atoms with Gasteiger partial charge in [-0.1, -0.05) is 17.7 Å². The average molecular weight is 263 g/mol. The summed E-state index contributed by atoms with van der Waals surface area (Å²) in [5.41, 5.74) is 4.34. The Balaban J connectivity index is 2.13. The topological polar surface area (TPSA) is 35.0 Å². The number of nitrogens with zero attached hydrogens (tertiary/aromatic N) is 2. The quantitative estimate of drug-likeness (QED) is 0.847. The van der Waals surface area contributed by atoms with Gasteiger partial charge in [-0.25, -0.2) is 0 Å². The molecule has 1 heterocycles. The van der Waals surface area contributed by atoms with E-state index in [0.29, 0.717) is 11.8 Å². The van der Waals surface area contributed by atoms with E-state index in [-0.39, 0.29) is 0 Å². The van der Waals surface area contributed by atoms with Crippen molar-refractivity contribution in [2.45, 2.75) is 27.4 Å².